The SMILES string of the molecule is CC1CCc2c(sc(NC(=O)C=Cc3ccc(C(C)(C)C)cc3)c2C(=O)OC(C)C)C1. The van der Waals surface area contributed by atoms with E-state index in [1.54, 1.807) is 6.08 Å². The topological polar surface area (TPSA) is 55.4 Å². The summed E-state index contributed by atoms with van der Waals surface area (Å²) in [6.07, 6.45) is 5.94. The number of rotatable bonds is 5. The highest BCUT2D eigenvalue weighted by atomic mass is 32.1. The Labute approximate surface area is 189 Å². The van der Waals surface area contributed by atoms with Gasteiger partial charge in [-0.2, -0.15) is 0 Å². The van der Waals surface area contributed by atoms with Gasteiger partial charge in [0, 0.05) is 11.0 Å². The molecular weight excluding hydrogens is 406 g/mol. The Hall–Kier alpha value is -2.40. The van der Waals surface area contributed by atoms with Crippen molar-refractivity contribution in [2.45, 2.75) is 72.3 Å². The van der Waals surface area contributed by atoms with Gasteiger partial charge in [0.2, 0.25) is 5.91 Å². The number of carbonyl (C=O) groups is 2. The number of carbonyl (C=O) groups excluding carboxylic acids is 2. The number of benzene rings is 1. The second-order valence-corrected chi connectivity index (χ2v) is 10.8. The molecule has 1 unspecified atom stereocenters. The lowest BCUT2D eigenvalue weighted by Crippen LogP contribution is -2.18. The lowest BCUT2D eigenvalue weighted by molar-refractivity contribution is -0.111. The molecule has 0 fully saturated rings. The second-order valence-electron chi connectivity index (χ2n) is 9.70. The van der Waals surface area contributed by atoms with Gasteiger partial charge >= 0.3 is 5.97 Å². The van der Waals surface area contributed by atoms with Crippen molar-refractivity contribution in [3.05, 3.63) is 57.5 Å². The van der Waals surface area contributed by atoms with Crippen molar-refractivity contribution in [3.63, 3.8) is 0 Å². The summed E-state index contributed by atoms with van der Waals surface area (Å²) in [6.45, 7) is 12.4. The molecule has 1 aromatic heterocycles. The van der Waals surface area contributed by atoms with E-state index in [-0.39, 0.29) is 23.4 Å². The Morgan fingerprint density at radius 1 is 1.19 bits per heavy atom. The van der Waals surface area contributed by atoms with Crippen LogP contribution in [0, 0.1) is 5.92 Å². The van der Waals surface area contributed by atoms with Crippen LogP contribution in [0.25, 0.3) is 6.08 Å². The van der Waals surface area contributed by atoms with E-state index in [0.717, 1.165) is 30.4 Å². The second kappa shape index (κ2) is 9.39. The lowest BCUT2D eigenvalue weighted by atomic mass is 9.87. The third kappa shape index (κ3) is 5.85. The summed E-state index contributed by atoms with van der Waals surface area (Å²) >= 11 is 1.51. The highest BCUT2D eigenvalue weighted by molar-refractivity contribution is 7.17. The van der Waals surface area contributed by atoms with E-state index in [4.69, 9.17) is 4.74 Å². The molecule has 2 aromatic rings. The maximum atomic E-state index is 12.8. The van der Waals surface area contributed by atoms with Crippen LogP contribution in [0.4, 0.5) is 5.00 Å². The van der Waals surface area contributed by atoms with Crippen molar-refractivity contribution in [3.8, 4) is 0 Å². The minimum absolute atomic E-state index is 0.0936. The van der Waals surface area contributed by atoms with Gasteiger partial charge < -0.3 is 10.1 Å². The van der Waals surface area contributed by atoms with E-state index in [0.29, 0.717) is 16.5 Å². The predicted octanol–water partition coefficient (Wildman–Crippen LogP) is 6.39. The van der Waals surface area contributed by atoms with Gasteiger partial charge in [-0.25, -0.2) is 4.79 Å². The molecule has 1 aliphatic carbocycles. The van der Waals surface area contributed by atoms with Crippen LogP contribution in [-0.2, 0) is 27.8 Å². The van der Waals surface area contributed by atoms with Gasteiger partial charge in [0.1, 0.15) is 5.00 Å². The average molecular weight is 440 g/mol. The number of hydrogen-bond acceptors (Lipinski definition) is 4. The Morgan fingerprint density at radius 2 is 1.87 bits per heavy atom. The summed E-state index contributed by atoms with van der Waals surface area (Å²) in [6, 6.07) is 8.21. The van der Waals surface area contributed by atoms with E-state index in [1.807, 2.05) is 26.0 Å². The van der Waals surface area contributed by atoms with Crippen molar-refractivity contribution in [2.75, 3.05) is 5.32 Å². The molecule has 4 nitrogen and oxygen atoms in total. The number of amides is 1. The predicted molar refractivity (Wildman–Crippen MR) is 129 cm³/mol. The molecule has 0 aliphatic heterocycles. The van der Waals surface area contributed by atoms with Crippen LogP contribution in [0.15, 0.2) is 30.3 Å². The highest BCUT2D eigenvalue weighted by Gasteiger charge is 2.29. The van der Waals surface area contributed by atoms with Crippen molar-refractivity contribution >= 4 is 34.3 Å². The molecule has 31 heavy (non-hydrogen) atoms. The molecular formula is C26H33NO3S. The van der Waals surface area contributed by atoms with Gasteiger partial charge in [0.05, 0.1) is 11.7 Å². The van der Waals surface area contributed by atoms with Gasteiger partial charge in [-0.1, -0.05) is 52.0 Å². The molecule has 0 saturated carbocycles. The van der Waals surface area contributed by atoms with Crippen LogP contribution in [0.5, 0.6) is 0 Å². The van der Waals surface area contributed by atoms with Crippen LogP contribution in [0.3, 0.4) is 0 Å². The first-order valence-corrected chi connectivity index (χ1v) is 11.8. The smallest absolute Gasteiger partial charge is 0.341 e. The standard InChI is InChI=1S/C26H33NO3S/c1-16(2)30-25(29)23-20-13-7-17(3)15-21(20)31-24(23)27-22(28)14-10-18-8-11-19(12-9-18)26(4,5)6/h8-12,14,16-17H,7,13,15H2,1-6H3,(H,27,28). The van der Waals surface area contributed by atoms with Crippen molar-refractivity contribution in [1.29, 1.82) is 0 Å². The maximum Gasteiger partial charge on any atom is 0.341 e. The van der Waals surface area contributed by atoms with Gasteiger partial charge in [-0.15, -0.1) is 11.3 Å². The van der Waals surface area contributed by atoms with Crippen molar-refractivity contribution in [1.82, 2.24) is 0 Å². The number of ether oxygens (including phenoxy) is 1. The number of hydrogen-bond donors (Lipinski definition) is 1. The molecule has 1 aliphatic rings. The van der Waals surface area contributed by atoms with E-state index < -0.39 is 0 Å². The molecule has 0 spiro atoms. The molecule has 1 N–H and O–H groups in total. The summed E-state index contributed by atoms with van der Waals surface area (Å²) in [5.41, 5.74) is 3.89. The summed E-state index contributed by atoms with van der Waals surface area (Å²) in [5.74, 6) is -0.0103. The zero-order valence-electron chi connectivity index (χ0n) is 19.4. The fourth-order valence-corrected chi connectivity index (χ4v) is 5.15. The summed E-state index contributed by atoms with van der Waals surface area (Å²) in [5, 5.41) is 3.53. The quantitative estimate of drug-likeness (QED) is 0.434. The summed E-state index contributed by atoms with van der Waals surface area (Å²) < 4.78 is 5.48. The fraction of sp³-hybridized carbons (Fsp3) is 0.462. The highest BCUT2D eigenvalue weighted by Crippen LogP contribution is 2.40. The Balaban J connectivity index is 1.79. The molecule has 0 saturated heterocycles. The van der Waals surface area contributed by atoms with E-state index >= 15 is 0 Å². The van der Waals surface area contributed by atoms with Crippen LogP contribution in [-0.4, -0.2) is 18.0 Å². The van der Waals surface area contributed by atoms with Crippen molar-refractivity contribution in [2.24, 2.45) is 5.92 Å². The third-order valence-corrected chi connectivity index (χ3v) is 6.67. The van der Waals surface area contributed by atoms with Crippen LogP contribution < -0.4 is 5.32 Å². The fourth-order valence-electron chi connectivity index (χ4n) is 3.75. The first-order valence-electron chi connectivity index (χ1n) is 11.0. The number of nitrogens with one attached hydrogen (secondary N) is 1. The molecule has 1 atom stereocenters. The molecule has 0 bridgehead atoms. The Morgan fingerprint density at radius 3 is 2.48 bits per heavy atom. The van der Waals surface area contributed by atoms with Gasteiger partial charge in [-0.05, 0) is 67.2 Å². The number of thiophene rings is 1. The number of anilines is 1. The van der Waals surface area contributed by atoms with Gasteiger partial charge in [-0.3, -0.25) is 4.79 Å². The van der Waals surface area contributed by atoms with Gasteiger partial charge in [0.15, 0.2) is 0 Å². The third-order valence-electron chi connectivity index (χ3n) is 5.50. The van der Waals surface area contributed by atoms with Crippen LogP contribution in [0.2, 0.25) is 0 Å². The normalized spacial score (nSPS) is 16.4. The summed E-state index contributed by atoms with van der Waals surface area (Å²) in [4.78, 5) is 26.6. The maximum absolute atomic E-state index is 12.8. The minimum Gasteiger partial charge on any atom is -0.459 e. The monoisotopic (exact) mass is 439 g/mol. The number of fused-ring (bicyclic) bond motifs is 1. The first kappa shape index (κ1) is 23.3. The van der Waals surface area contributed by atoms with Gasteiger partial charge in [0.25, 0.3) is 0 Å². The zero-order chi connectivity index (χ0) is 22.8. The Bertz CT molecular complexity index is 977. The molecule has 0 radical (unpaired) electrons. The molecule has 5 heteroatoms. The van der Waals surface area contributed by atoms with Crippen molar-refractivity contribution < 1.29 is 14.3 Å². The first-order chi connectivity index (χ1) is 14.5. The molecule has 1 aromatic carbocycles. The lowest BCUT2D eigenvalue weighted by Gasteiger charge is -2.18. The Kier molecular flexibility index (Phi) is 7.05. The van der Waals surface area contributed by atoms with Crippen LogP contribution >= 0.6 is 11.3 Å². The average Bonchev–Trinajstić information content (AvgIpc) is 3.02. The van der Waals surface area contributed by atoms with E-state index in [1.165, 1.54) is 27.9 Å². The molecule has 3 rings (SSSR count). The van der Waals surface area contributed by atoms with Crippen LogP contribution in [0.1, 0.15) is 79.9 Å². The molecule has 1 amide bonds. The minimum atomic E-state index is -0.348. The van der Waals surface area contributed by atoms with E-state index in [2.05, 4.69) is 45.1 Å². The van der Waals surface area contributed by atoms with E-state index in [9.17, 15) is 9.59 Å². The largest absolute Gasteiger partial charge is 0.459 e. The zero-order valence-corrected chi connectivity index (χ0v) is 20.2. The molecule has 166 valence electrons. The molecule has 1 heterocycles. The number of esters is 1. The summed E-state index contributed by atoms with van der Waals surface area (Å²) in [7, 11) is 0.